The van der Waals surface area contributed by atoms with E-state index >= 15 is 0 Å². The van der Waals surface area contributed by atoms with Crippen molar-refractivity contribution in [3.8, 4) is 30.6 Å². The maximum Gasteiger partial charge on any atom is 0.0527 e. The molecule has 0 unspecified atom stereocenters. The van der Waals surface area contributed by atoms with Gasteiger partial charge >= 0.3 is 0 Å². The number of thiophene rings is 3. The molecule has 4 aromatic heterocycles. The Morgan fingerprint density at radius 1 is 0.762 bits per heavy atom. The van der Waals surface area contributed by atoms with Crippen molar-refractivity contribution in [1.29, 1.82) is 0 Å². The van der Waals surface area contributed by atoms with Crippen LogP contribution in [0.4, 0.5) is 0 Å². The normalized spacial score (nSPS) is 10.9. The maximum atomic E-state index is 4.13. The van der Waals surface area contributed by atoms with Crippen molar-refractivity contribution in [2.24, 2.45) is 0 Å². The van der Waals surface area contributed by atoms with Crippen molar-refractivity contribution in [3.63, 3.8) is 0 Å². The molecular weight excluding hydrogens is 314 g/mol. The highest BCUT2D eigenvalue weighted by atomic mass is 32.1. The number of rotatable bonds is 3. The first-order valence-corrected chi connectivity index (χ1v) is 9.11. The molecule has 0 bridgehead atoms. The lowest BCUT2D eigenvalue weighted by Gasteiger charge is -2.01. The number of nitrogens with zero attached hydrogens (tertiary/aromatic N) is 1. The molecule has 4 heterocycles. The molecule has 0 aliphatic rings. The summed E-state index contributed by atoms with van der Waals surface area (Å²) in [5, 5.41) is 4.27. The molecule has 0 spiro atoms. The summed E-state index contributed by atoms with van der Waals surface area (Å²) >= 11 is 5.46. The van der Waals surface area contributed by atoms with Crippen LogP contribution < -0.4 is 0 Å². The predicted octanol–water partition coefficient (Wildman–Crippen LogP) is 6.27. The zero-order chi connectivity index (χ0) is 14.1. The van der Waals surface area contributed by atoms with Gasteiger partial charge in [-0.05, 0) is 46.7 Å². The summed E-state index contributed by atoms with van der Waals surface area (Å²) in [4.78, 5) is 9.47. The molecule has 4 aromatic rings. The third-order valence-corrected chi connectivity index (χ3v) is 6.48. The maximum absolute atomic E-state index is 4.13. The van der Waals surface area contributed by atoms with E-state index in [1.807, 2.05) is 23.7 Å². The van der Waals surface area contributed by atoms with Crippen LogP contribution in [0.15, 0.2) is 65.6 Å². The van der Waals surface area contributed by atoms with Crippen LogP contribution in [0.1, 0.15) is 0 Å². The Balaban J connectivity index is 1.92. The third-order valence-electron chi connectivity index (χ3n) is 3.23. The lowest BCUT2D eigenvalue weighted by atomic mass is 10.1. The summed E-state index contributed by atoms with van der Waals surface area (Å²) in [5.74, 6) is 0. The molecule has 0 N–H and O–H groups in total. The molecule has 0 aromatic carbocycles. The molecule has 0 aliphatic heterocycles. The molecule has 4 heteroatoms. The van der Waals surface area contributed by atoms with Crippen LogP contribution in [0.5, 0.6) is 0 Å². The summed E-state index contributed by atoms with van der Waals surface area (Å²) < 4.78 is 0. The zero-order valence-electron chi connectivity index (χ0n) is 11.0. The van der Waals surface area contributed by atoms with Gasteiger partial charge in [-0.2, -0.15) is 0 Å². The highest BCUT2D eigenvalue weighted by molar-refractivity contribution is 7.26. The second-order valence-electron chi connectivity index (χ2n) is 4.54. The van der Waals surface area contributed by atoms with Crippen LogP contribution in [-0.4, -0.2) is 4.98 Å². The average molecular weight is 325 g/mol. The van der Waals surface area contributed by atoms with Gasteiger partial charge in [-0.15, -0.1) is 34.0 Å². The molecule has 0 aliphatic carbocycles. The Bertz CT molecular complexity index is 828. The smallest absolute Gasteiger partial charge is 0.0527 e. The van der Waals surface area contributed by atoms with E-state index in [0.29, 0.717) is 0 Å². The molecule has 0 atom stereocenters. The molecule has 0 saturated heterocycles. The summed E-state index contributed by atoms with van der Waals surface area (Å²) in [6, 6.07) is 15.1. The zero-order valence-corrected chi connectivity index (χ0v) is 13.5. The van der Waals surface area contributed by atoms with Crippen LogP contribution in [0.25, 0.3) is 30.6 Å². The van der Waals surface area contributed by atoms with Gasteiger partial charge in [0.05, 0.1) is 4.88 Å². The summed E-state index contributed by atoms with van der Waals surface area (Å²) in [6.07, 6.45) is 3.71. The fraction of sp³-hybridized carbons (Fsp3) is 0. The van der Waals surface area contributed by atoms with Gasteiger partial charge in [0.15, 0.2) is 0 Å². The molecule has 21 heavy (non-hydrogen) atoms. The lowest BCUT2D eigenvalue weighted by Crippen LogP contribution is -1.77. The number of hydrogen-bond acceptors (Lipinski definition) is 4. The Morgan fingerprint density at radius 3 is 2.14 bits per heavy atom. The SMILES string of the molecule is c1csc(-c2cc(-c3ccncc3)c(-c3cccs3)s2)c1. The van der Waals surface area contributed by atoms with E-state index < -0.39 is 0 Å². The predicted molar refractivity (Wildman–Crippen MR) is 94.2 cm³/mol. The first-order valence-electron chi connectivity index (χ1n) is 6.54. The summed E-state index contributed by atoms with van der Waals surface area (Å²) in [6.45, 7) is 0. The van der Waals surface area contributed by atoms with E-state index in [2.05, 4.69) is 58.2 Å². The Kier molecular flexibility index (Phi) is 3.43. The summed E-state index contributed by atoms with van der Waals surface area (Å²) in [5.41, 5.74) is 2.53. The quantitative estimate of drug-likeness (QED) is 0.433. The van der Waals surface area contributed by atoms with E-state index in [1.54, 1.807) is 22.7 Å². The Morgan fingerprint density at radius 2 is 1.48 bits per heavy atom. The third kappa shape index (κ3) is 2.46. The van der Waals surface area contributed by atoms with Gasteiger partial charge in [0.1, 0.15) is 0 Å². The van der Waals surface area contributed by atoms with E-state index in [-0.39, 0.29) is 0 Å². The molecule has 0 amide bonds. The number of hydrogen-bond donors (Lipinski definition) is 0. The van der Waals surface area contributed by atoms with Gasteiger partial charge < -0.3 is 0 Å². The molecule has 0 saturated carbocycles. The van der Waals surface area contributed by atoms with Gasteiger partial charge in [0.2, 0.25) is 0 Å². The van der Waals surface area contributed by atoms with Gasteiger partial charge in [0.25, 0.3) is 0 Å². The second-order valence-corrected chi connectivity index (χ2v) is 7.49. The molecule has 1 nitrogen and oxygen atoms in total. The van der Waals surface area contributed by atoms with Gasteiger partial charge in [0, 0.05) is 32.6 Å². The second kappa shape index (κ2) is 5.56. The van der Waals surface area contributed by atoms with Crippen LogP contribution in [0, 0.1) is 0 Å². The molecule has 4 rings (SSSR count). The lowest BCUT2D eigenvalue weighted by molar-refractivity contribution is 1.33. The number of aromatic nitrogens is 1. The minimum Gasteiger partial charge on any atom is -0.265 e. The van der Waals surface area contributed by atoms with Crippen molar-refractivity contribution >= 4 is 34.0 Å². The average Bonchev–Trinajstić information content (AvgIpc) is 3.27. The van der Waals surface area contributed by atoms with Crippen molar-refractivity contribution in [2.45, 2.75) is 0 Å². The van der Waals surface area contributed by atoms with E-state index in [1.165, 1.54) is 30.6 Å². The molecule has 102 valence electrons. The van der Waals surface area contributed by atoms with Crippen LogP contribution in [-0.2, 0) is 0 Å². The van der Waals surface area contributed by atoms with E-state index in [4.69, 9.17) is 0 Å². The van der Waals surface area contributed by atoms with E-state index in [0.717, 1.165) is 0 Å². The fourth-order valence-electron chi connectivity index (χ4n) is 2.27. The minimum atomic E-state index is 1.23. The topological polar surface area (TPSA) is 12.9 Å². The largest absolute Gasteiger partial charge is 0.265 e. The fourth-order valence-corrected chi connectivity index (χ4v) is 5.14. The van der Waals surface area contributed by atoms with Crippen molar-refractivity contribution < 1.29 is 0 Å². The van der Waals surface area contributed by atoms with Crippen molar-refractivity contribution in [2.75, 3.05) is 0 Å². The van der Waals surface area contributed by atoms with Crippen molar-refractivity contribution in [1.82, 2.24) is 4.98 Å². The van der Waals surface area contributed by atoms with Gasteiger partial charge in [-0.1, -0.05) is 12.1 Å². The first kappa shape index (κ1) is 13.0. The Hall–Kier alpha value is -1.75. The van der Waals surface area contributed by atoms with E-state index in [9.17, 15) is 0 Å². The van der Waals surface area contributed by atoms with Gasteiger partial charge in [-0.3, -0.25) is 4.98 Å². The Labute approximate surface area is 135 Å². The first-order chi connectivity index (χ1) is 10.4. The molecule has 0 radical (unpaired) electrons. The minimum absolute atomic E-state index is 1.23. The van der Waals surface area contributed by atoms with Crippen LogP contribution >= 0.6 is 34.0 Å². The van der Waals surface area contributed by atoms with Crippen LogP contribution in [0.3, 0.4) is 0 Å². The standard InChI is InChI=1S/C17H11NS3/c1-3-14(19-9-1)16-11-13(12-5-7-18-8-6-12)17(21-16)15-4-2-10-20-15/h1-11H. The molecular formula is C17H11NS3. The molecule has 0 fully saturated rings. The highest BCUT2D eigenvalue weighted by Gasteiger charge is 2.15. The monoisotopic (exact) mass is 325 g/mol. The summed E-state index contributed by atoms with van der Waals surface area (Å²) in [7, 11) is 0. The number of pyridine rings is 1. The highest BCUT2D eigenvalue weighted by Crippen LogP contribution is 2.45. The van der Waals surface area contributed by atoms with Gasteiger partial charge in [-0.25, -0.2) is 0 Å². The van der Waals surface area contributed by atoms with Crippen LogP contribution in [0.2, 0.25) is 0 Å². The van der Waals surface area contributed by atoms with Crippen molar-refractivity contribution in [3.05, 3.63) is 65.6 Å².